The first-order valence-corrected chi connectivity index (χ1v) is 3.78. The maximum Gasteiger partial charge on any atom is 0.230 e. The Morgan fingerprint density at radius 2 is 2.15 bits per heavy atom. The van der Waals surface area contributed by atoms with Crippen molar-refractivity contribution in [1.82, 2.24) is 0 Å². The van der Waals surface area contributed by atoms with Crippen molar-refractivity contribution < 1.29 is 10.0 Å². The fourth-order valence-electron chi connectivity index (χ4n) is 1.05. The van der Waals surface area contributed by atoms with E-state index in [0.29, 0.717) is 11.3 Å². The molecule has 1 aromatic rings. The Labute approximate surface area is 75.2 Å². The smallest absolute Gasteiger partial charge is 0.230 e. The minimum absolute atomic E-state index is 0.227. The molecule has 1 aromatic carbocycles. The zero-order valence-corrected chi connectivity index (χ0v) is 6.93. The molecule has 0 aliphatic heterocycles. The highest BCUT2D eigenvalue weighted by Crippen LogP contribution is 2.14. The Kier molecular flexibility index (Phi) is 3.22. The van der Waals surface area contributed by atoms with Crippen LogP contribution in [0.2, 0.25) is 0 Å². The molecule has 0 saturated heterocycles. The fourth-order valence-corrected chi connectivity index (χ4v) is 1.05. The highest BCUT2D eigenvalue weighted by Gasteiger charge is 2.05. The van der Waals surface area contributed by atoms with E-state index in [-0.39, 0.29) is 13.3 Å². The van der Waals surface area contributed by atoms with Gasteiger partial charge in [-0.1, -0.05) is 18.2 Å². The third-order valence-electron chi connectivity index (χ3n) is 1.59. The molecular formula is C8H10N2O3. The van der Waals surface area contributed by atoms with E-state index in [4.69, 9.17) is 5.11 Å². The van der Waals surface area contributed by atoms with Gasteiger partial charge in [0.2, 0.25) is 6.54 Å². The molecule has 0 atom stereocenters. The molecule has 13 heavy (non-hydrogen) atoms. The van der Waals surface area contributed by atoms with Gasteiger partial charge in [0.25, 0.3) is 0 Å². The summed E-state index contributed by atoms with van der Waals surface area (Å²) in [7, 11) is 0. The second-order valence-electron chi connectivity index (χ2n) is 2.48. The molecule has 0 aliphatic carbocycles. The Morgan fingerprint density at radius 1 is 1.46 bits per heavy atom. The van der Waals surface area contributed by atoms with Crippen molar-refractivity contribution in [3.05, 3.63) is 39.9 Å². The van der Waals surface area contributed by atoms with Gasteiger partial charge in [-0.25, -0.2) is 0 Å². The van der Waals surface area contributed by atoms with Crippen LogP contribution in [0.3, 0.4) is 0 Å². The molecule has 0 fully saturated rings. The normalized spacial score (nSPS) is 9.62. The van der Waals surface area contributed by atoms with Gasteiger partial charge in [-0.3, -0.25) is 10.1 Å². The molecule has 0 radical (unpaired) electrons. The molecule has 0 aliphatic rings. The lowest BCUT2D eigenvalue weighted by atomic mass is 10.2. The molecule has 0 unspecified atom stereocenters. The summed E-state index contributed by atoms with van der Waals surface area (Å²) in [5.41, 5.74) is 1.17. The number of aliphatic hydroxyl groups excluding tert-OH is 1. The molecule has 0 aromatic heterocycles. The van der Waals surface area contributed by atoms with E-state index >= 15 is 0 Å². The van der Waals surface area contributed by atoms with Crippen LogP contribution in [0.1, 0.15) is 5.56 Å². The molecule has 0 saturated carbocycles. The van der Waals surface area contributed by atoms with Gasteiger partial charge in [0.1, 0.15) is 6.73 Å². The summed E-state index contributed by atoms with van der Waals surface area (Å²) in [5, 5.41) is 21.5. The van der Waals surface area contributed by atoms with Gasteiger partial charge in [-0.15, -0.1) is 0 Å². The summed E-state index contributed by atoms with van der Waals surface area (Å²) >= 11 is 0. The zero-order chi connectivity index (χ0) is 9.68. The van der Waals surface area contributed by atoms with Gasteiger partial charge in [-0.05, 0) is 6.07 Å². The van der Waals surface area contributed by atoms with Crippen molar-refractivity contribution in [2.45, 2.75) is 6.54 Å². The minimum atomic E-state index is -0.405. The van der Waals surface area contributed by atoms with Crippen LogP contribution in [-0.4, -0.2) is 16.8 Å². The van der Waals surface area contributed by atoms with Crippen LogP contribution in [0.4, 0.5) is 5.69 Å². The van der Waals surface area contributed by atoms with E-state index < -0.39 is 4.92 Å². The van der Waals surface area contributed by atoms with Crippen LogP contribution >= 0.6 is 0 Å². The SMILES string of the molecule is O=[N+]([O-])Cc1ccccc1NCO. The maximum atomic E-state index is 10.2. The van der Waals surface area contributed by atoms with Crippen molar-refractivity contribution >= 4 is 5.69 Å². The number of nitro groups is 1. The lowest BCUT2D eigenvalue weighted by Gasteiger charge is -2.05. The second kappa shape index (κ2) is 4.42. The fraction of sp³-hybridized carbons (Fsp3) is 0.250. The van der Waals surface area contributed by atoms with E-state index in [9.17, 15) is 10.1 Å². The van der Waals surface area contributed by atoms with Crippen molar-refractivity contribution in [1.29, 1.82) is 0 Å². The molecule has 1 rings (SSSR count). The highest BCUT2D eigenvalue weighted by molar-refractivity contribution is 5.50. The quantitative estimate of drug-likeness (QED) is 0.410. The number of rotatable bonds is 4. The van der Waals surface area contributed by atoms with E-state index in [2.05, 4.69) is 5.32 Å². The Balaban J connectivity index is 2.84. The van der Waals surface area contributed by atoms with Crippen molar-refractivity contribution in [2.75, 3.05) is 12.0 Å². The highest BCUT2D eigenvalue weighted by atomic mass is 16.6. The topological polar surface area (TPSA) is 75.4 Å². The number of aliphatic hydroxyl groups is 1. The zero-order valence-electron chi connectivity index (χ0n) is 6.93. The van der Waals surface area contributed by atoms with E-state index in [1.807, 2.05) is 0 Å². The first-order valence-electron chi connectivity index (χ1n) is 3.78. The van der Waals surface area contributed by atoms with E-state index in [0.717, 1.165) is 0 Å². The standard InChI is InChI=1S/C8H10N2O3/c11-6-9-8-4-2-1-3-7(8)5-10(12)13/h1-4,9,11H,5-6H2. The van der Waals surface area contributed by atoms with E-state index in [1.165, 1.54) is 0 Å². The van der Waals surface area contributed by atoms with Gasteiger partial charge in [-0.2, -0.15) is 0 Å². The van der Waals surface area contributed by atoms with Crippen LogP contribution in [0.5, 0.6) is 0 Å². The van der Waals surface area contributed by atoms with E-state index in [1.54, 1.807) is 24.3 Å². The maximum absolute atomic E-state index is 10.2. The number of hydrogen-bond acceptors (Lipinski definition) is 4. The number of anilines is 1. The largest absolute Gasteiger partial charge is 0.377 e. The predicted molar refractivity (Wildman–Crippen MR) is 47.8 cm³/mol. The summed E-state index contributed by atoms with van der Waals surface area (Å²) in [6.07, 6.45) is 0. The number of para-hydroxylation sites is 1. The molecule has 0 amide bonds. The van der Waals surface area contributed by atoms with Crippen LogP contribution in [0.15, 0.2) is 24.3 Å². The van der Waals surface area contributed by atoms with Gasteiger partial charge < -0.3 is 10.4 Å². The van der Waals surface area contributed by atoms with Crippen molar-refractivity contribution in [3.63, 3.8) is 0 Å². The number of nitrogens with zero attached hydrogens (tertiary/aromatic N) is 1. The summed E-state index contributed by atoms with van der Waals surface area (Å²) in [6, 6.07) is 6.82. The average molecular weight is 182 g/mol. The third-order valence-corrected chi connectivity index (χ3v) is 1.59. The summed E-state index contributed by atoms with van der Waals surface area (Å²) in [5.74, 6) is 0. The lowest BCUT2D eigenvalue weighted by molar-refractivity contribution is -0.496. The monoisotopic (exact) mass is 182 g/mol. The van der Waals surface area contributed by atoms with Gasteiger partial charge in [0.15, 0.2) is 0 Å². The third kappa shape index (κ3) is 2.72. The Bertz CT molecular complexity index is 301. The number of benzene rings is 1. The van der Waals surface area contributed by atoms with Crippen LogP contribution in [-0.2, 0) is 6.54 Å². The second-order valence-corrected chi connectivity index (χ2v) is 2.48. The molecule has 0 heterocycles. The van der Waals surface area contributed by atoms with Gasteiger partial charge >= 0.3 is 0 Å². The minimum Gasteiger partial charge on any atom is -0.377 e. The number of nitrogens with one attached hydrogen (secondary N) is 1. The number of hydrogen-bond donors (Lipinski definition) is 2. The molecule has 0 bridgehead atoms. The lowest BCUT2D eigenvalue weighted by Crippen LogP contribution is -2.06. The van der Waals surface area contributed by atoms with Crippen molar-refractivity contribution in [3.8, 4) is 0 Å². The van der Waals surface area contributed by atoms with Gasteiger partial charge in [0, 0.05) is 16.2 Å². The summed E-state index contributed by atoms with van der Waals surface area (Å²) in [6.45, 7) is -0.460. The van der Waals surface area contributed by atoms with Gasteiger partial charge in [0.05, 0.1) is 0 Å². The summed E-state index contributed by atoms with van der Waals surface area (Å²) < 4.78 is 0. The molecule has 70 valence electrons. The van der Waals surface area contributed by atoms with Crippen LogP contribution in [0, 0.1) is 10.1 Å². The molecule has 5 heteroatoms. The first kappa shape index (κ1) is 9.47. The first-order chi connectivity index (χ1) is 6.24. The summed E-state index contributed by atoms with van der Waals surface area (Å²) in [4.78, 5) is 9.84. The Morgan fingerprint density at radius 3 is 2.77 bits per heavy atom. The molecule has 0 spiro atoms. The van der Waals surface area contributed by atoms with Crippen molar-refractivity contribution in [2.24, 2.45) is 0 Å². The van der Waals surface area contributed by atoms with Crippen LogP contribution in [0.25, 0.3) is 0 Å². The Hall–Kier alpha value is -1.62. The molecular weight excluding hydrogens is 172 g/mol. The average Bonchev–Trinajstić information content (AvgIpc) is 2.08. The molecule has 5 nitrogen and oxygen atoms in total. The predicted octanol–water partition coefficient (Wildman–Crippen LogP) is 0.825. The van der Waals surface area contributed by atoms with Crippen LogP contribution < -0.4 is 5.32 Å². The molecule has 2 N–H and O–H groups in total.